The van der Waals surface area contributed by atoms with Crippen molar-refractivity contribution < 1.29 is 23.8 Å². The lowest BCUT2D eigenvalue weighted by Gasteiger charge is -2.21. The Bertz CT molecular complexity index is 489. The number of methoxy groups -OCH3 is 2. The maximum Gasteiger partial charge on any atom is 0.302 e. The van der Waals surface area contributed by atoms with Gasteiger partial charge in [-0.1, -0.05) is 11.2 Å². The third kappa shape index (κ3) is 5.33. The number of rotatable bonds is 7. The van der Waals surface area contributed by atoms with Crippen LogP contribution in [0.25, 0.3) is 0 Å². The van der Waals surface area contributed by atoms with Crippen LogP contribution in [0.4, 0.5) is 0 Å². The van der Waals surface area contributed by atoms with Gasteiger partial charge in [0.05, 0.1) is 26.0 Å². The summed E-state index contributed by atoms with van der Waals surface area (Å²) in [4.78, 5) is 16.2. The SMILES string of the molecule is COc1cccc(OC)c1/C=N/OC(C)(C)COC(C)=O. The van der Waals surface area contributed by atoms with Crippen molar-refractivity contribution >= 4 is 12.2 Å². The molecule has 0 aliphatic heterocycles. The molecule has 0 aromatic heterocycles. The average molecular weight is 295 g/mol. The van der Waals surface area contributed by atoms with Crippen molar-refractivity contribution in [2.45, 2.75) is 26.4 Å². The second-order valence-electron chi connectivity index (χ2n) is 4.94. The molecule has 6 nitrogen and oxygen atoms in total. The molecule has 0 spiro atoms. The molecule has 0 saturated carbocycles. The van der Waals surface area contributed by atoms with Crippen LogP contribution in [0.5, 0.6) is 11.5 Å². The Hall–Kier alpha value is -2.24. The molecule has 6 heteroatoms. The van der Waals surface area contributed by atoms with Gasteiger partial charge in [0.2, 0.25) is 0 Å². The van der Waals surface area contributed by atoms with Gasteiger partial charge in [-0.2, -0.15) is 0 Å². The molecular weight excluding hydrogens is 274 g/mol. The molecule has 1 aromatic carbocycles. The van der Waals surface area contributed by atoms with E-state index in [-0.39, 0.29) is 12.6 Å². The van der Waals surface area contributed by atoms with Crippen molar-refractivity contribution in [1.29, 1.82) is 0 Å². The van der Waals surface area contributed by atoms with E-state index in [9.17, 15) is 4.79 Å². The van der Waals surface area contributed by atoms with Crippen molar-refractivity contribution in [1.82, 2.24) is 0 Å². The minimum atomic E-state index is -0.725. The topological polar surface area (TPSA) is 66.3 Å². The van der Waals surface area contributed by atoms with Crippen LogP contribution < -0.4 is 9.47 Å². The van der Waals surface area contributed by atoms with E-state index in [1.165, 1.54) is 13.1 Å². The number of esters is 1. The number of benzene rings is 1. The van der Waals surface area contributed by atoms with Crippen molar-refractivity contribution in [2.24, 2.45) is 5.16 Å². The highest BCUT2D eigenvalue weighted by molar-refractivity contribution is 5.87. The van der Waals surface area contributed by atoms with Gasteiger partial charge in [0, 0.05) is 6.92 Å². The lowest BCUT2D eigenvalue weighted by molar-refractivity contribution is -0.150. The lowest BCUT2D eigenvalue weighted by Crippen LogP contribution is -2.29. The third-order valence-corrected chi connectivity index (χ3v) is 2.57. The standard InChI is InChI=1S/C15H21NO5/c1-11(17)20-10-15(2,3)21-16-9-12-13(18-4)7-6-8-14(12)19-5/h6-9H,10H2,1-5H3/b16-9+. The molecule has 1 aromatic rings. The van der Waals surface area contributed by atoms with E-state index in [0.717, 1.165) is 0 Å². The first kappa shape index (κ1) is 16.8. The van der Waals surface area contributed by atoms with Gasteiger partial charge in [0.15, 0.2) is 5.60 Å². The quantitative estimate of drug-likeness (QED) is 0.439. The fourth-order valence-corrected chi connectivity index (χ4v) is 1.53. The Kier molecular flexibility index (Phi) is 6.02. The van der Waals surface area contributed by atoms with E-state index < -0.39 is 5.60 Å². The minimum Gasteiger partial charge on any atom is -0.496 e. The number of carbonyl (C=O) groups excluding carboxylic acids is 1. The number of oxime groups is 1. The average Bonchev–Trinajstić information content (AvgIpc) is 2.45. The normalized spacial score (nSPS) is 11.3. The molecule has 0 bridgehead atoms. The van der Waals surface area contributed by atoms with Crippen LogP contribution in [0, 0.1) is 0 Å². The Morgan fingerprint density at radius 1 is 1.24 bits per heavy atom. The lowest BCUT2D eigenvalue weighted by atomic mass is 10.2. The summed E-state index contributed by atoms with van der Waals surface area (Å²) < 4.78 is 15.4. The van der Waals surface area contributed by atoms with Crippen molar-refractivity contribution in [3.8, 4) is 11.5 Å². The van der Waals surface area contributed by atoms with E-state index in [0.29, 0.717) is 17.1 Å². The molecule has 0 saturated heterocycles. The minimum absolute atomic E-state index is 0.114. The van der Waals surface area contributed by atoms with Gasteiger partial charge in [-0.25, -0.2) is 0 Å². The molecule has 0 heterocycles. The molecule has 0 amide bonds. The first-order valence-corrected chi connectivity index (χ1v) is 6.45. The summed E-state index contributed by atoms with van der Waals surface area (Å²) in [6.07, 6.45) is 1.51. The second kappa shape index (κ2) is 7.52. The van der Waals surface area contributed by atoms with Gasteiger partial charge in [0.1, 0.15) is 18.1 Å². The highest BCUT2D eigenvalue weighted by Gasteiger charge is 2.21. The van der Waals surface area contributed by atoms with Crippen molar-refractivity contribution in [3.63, 3.8) is 0 Å². The summed E-state index contributed by atoms with van der Waals surface area (Å²) in [6.45, 7) is 5.00. The maximum absolute atomic E-state index is 10.8. The summed E-state index contributed by atoms with van der Waals surface area (Å²) in [5, 5.41) is 3.93. The zero-order valence-electron chi connectivity index (χ0n) is 13.0. The van der Waals surface area contributed by atoms with Gasteiger partial charge in [0.25, 0.3) is 0 Å². The number of hydrogen-bond acceptors (Lipinski definition) is 6. The third-order valence-electron chi connectivity index (χ3n) is 2.57. The summed E-state index contributed by atoms with van der Waals surface area (Å²) in [5.74, 6) is 0.890. The van der Waals surface area contributed by atoms with Crippen molar-refractivity contribution in [3.05, 3.63) is 23.8 Å². The Labute approximate surface area is 124 Å². The van der Waals surface area contributed by atoms with Crippen LogP contribution in [0.3, 0.4) is 0 Å². The summed E-state index contributed by atoms with van der Waals surface area (Å²) >= 11 is 0. The first-order valence-electron chi connectivity index (χ1n) is 6.45. The maximum atomic E-state index is 10.8. The van der Waals surface area contributed by atoms with E-state index in [1.807, 2.05) is 6.07 Å². The van der Waals surface area contributed by atoms with Crippen molar-refractivity contribution in [2.75, 3.05) is 20.8 Å². The van der Waals surface area contributed by atoms with Crippen LogP contribution in [-0.2, 0) is 14.4 Å². The monoisotopic (exact) mass is 295 g/mol. The number of ether oxygens (including phenoxy) is 3. The molecule has 0 N–H and O–H groups in total. The van der Waals surface area contributed by atoms with E-state index in [1.54, 1.807) is 40.2 Å². The summed E-state index contributed by atoms with van der Waals surface area (Å²) in [7, 11) is 3.13. The predicted molar refractivity (Wildman–Crippen MR) is 78.9 cm³/mol. The smallest absolute Gasteiger partial charge is 0.302 e. The number of carbonyl (C=O) groups is 1. The van der Waals surface area contributed by atoms with Gasteiger partial charge >= 0.3 is 5.97 Å². The Balaban J connectivity index is 2.79. The Morgan fingerprint density at radius 2 is 1.81 bits per heavy atom. The van der Waals surface area contributed by atoms with Crippen LogP contribution >= 0.6 is 0 Å². The van der Waals surface area contributed by atoms with Gasteiger partial charge < -0.3 is 19.0 Å². The number of nitrogens with zero attached hydrogens (tertiary/aromatic N) is 1. The molecule has 0 aliphatic carbocycles. The van der Waals surface area contributed by atoms with Crippen LogP contribution in [0.2, 0.25) is 0 Å². The van der Waals surface area contributed by atoms with E-state index in [2.05, 4.69) is 5.16 Å². The molecule has 0 unspecified atom stereocenters. The molecule has 21 heavy (non-hydrogen) atoms. The predicted octanol–water partition coefficient (Wildman–Crippen LogP) is 2.40. The van der Waals surface area contributed by atoms with Gasteiger partial charge in [-0.15, -0.1) is 0 Å². The molecule has 0 atom stereocenters. The highest BCUT2D eigenvalue weighted by Crippen LogP contribution is 2.26. The fourth-order valence-electron chi connectivity index (χ4n) is 1.53. The van der Waals surface area contributed by atoms with Gasteiger partial charge in [-0.05, 0) is 26.0 Å². The largest absolute Gasteiger partial charge is 0.496 e. The first-order chi connectivity index (χ1) is 9.89. The Morgan fingerprint density at radius 3 is 2.29 bits per heavy atom. The van der Waals surface area contributed by atoms with Crippen LogP contribution in [0.15, 0.2) is 23.4 Å². The zero-order chi connectivity index (χ0) is 15.9. The highest BCUT2D eigenvalue weighted by atomic mass is 16.7. The molecule has 0 aliphatic rings. The fraction of sp³-hybridized carbons (Fsp3) is 0.467. The molecule has 0 fully saturated rings. The summed E-state index contributed by atoms with van der Waals surface area (Å²) in [6, 6.07) is 5.42. The molecule has 116 valence electrons. The van der Waals surface area contributed by atoms with E-state index >= 15 is 0 Å². The second-order valence-corrected chi connectivity index (χ2v) is 4.94. The van der Waals surface area contributed by atoms with Gasteiger partial charge in [-0.3, -0.25) is 4.79 Å². The van der Waals surface area contributed by atoms with Crippen LogP contribution in [0.1, 0.15) is 26.3 Å². The molecule has 1 rings (SSSR count). The zero-order valence-corrected chi connectivity index (χ0v) is 13.0. The molecular formula is C15H21NO5. The van der Waals surface area contributed by atoms with E-state index in [4.69, 9.17) is 19.0 Å². The summed E-state index contributed by atoms with van der Waals surface area (Å²) in [5.41, 5.74) is -0.0528. The molecule has 0 radical (unpaired) electrons. The number of hydrogen-bond donors (Lipinski definition) is 0. The van der Waals surface area contributed by atoms with Crippen LogP contribution in [-0.4, -0.2) is 38.6 Å².